The molecule has 0 bridgehead atoms. The second-order valence-corrected chi connectivity index (χ2v) is 6.12. The molecule has 0 saturated heterocycles. The first-order valence-electron chi connectivity index (χ1n) is 5.63. The van der Waals surface area contributed by atoms with E-state index in [-0.39, 0.29) is 11.2 Å². The second-order valence-electron chi connectivity index (χ2n) is 4.12. The average molecular weight is 335 g/mol. The summed E-state index contributed by atoms with van der Waals surface area (Å²) in [6.07, 6.45) is 0. The third-order valence-corrected chi connectivity index (χ3v) is 4.46. The van der Waals surface area contributed by atoms with Crippen LogP contribution in [0.5, 0.6) is 0 Å². The highest BCUT2D eigenvalue weighted by Crippen LogP contribution is 2.29. The molecule has 3 aromatic rings. The fourth-order valence-electron chi connectivity index (χ4n) is 1.88. The van der Waals surface area contributed by atoms with E-state index < -0.39 is 0 Å². The normalized spacial score (nSPS) is 10.8. The fourth-order valence-corrected chi connectivity index (χ4v) is 3.31. The highest BCUT2D eigenvalue weighted by molar-refractivity contribution is 9.10. The van der Waals surface area contributed by atoms with E-state index in [0.29, 0.717) is 5.39 Å². The van der Waals surface area contributed by atoms with Crippen LogP contribution in [0.1, 0.15) is 0 Å². The summed E-state index contributed by atoms with van der Waals surface area (Å²) in [5, 5.41) is 0.699. The van der Waals surface area contributed by atoms with E-state index in [1.54, 1.807) is 18.2 Å². The van der Waals surface area contributed by atoms with Crippen molar-refractivity contribution in [2.24, 2.45) is 0 Å². The van der Waals surface area contributed by atoms with E-state index >= 15 is 0 Å². The summed E-state index contributed by atoms with van der Waals surface area (Å²) in [5.74, 6) is -0.277. The lowest BCUT2D eigenvalue weighted by Gasteiger charge is -2.03. The molecule has 2 aromatic carbocycles. The molecule has 0 amide bonds. The Hall–Kier alpha value is -1.52. The summed E-state index contributed by atoms with van der Waals surface area (Å²) in [7, 11) is 0. The second kappa shape index (κ2) is 4.87. The summed E-state index contributed by atoms with van der Waals surface area (Å²) < 4.78 is 14.7. The molecule has 0 N–H and O–H groups in total. The minimum atomic E-state index is -0.277. The van der Waals surface area contributed by atoms with E-state index in [9.17, 15) is 9.18 Å². The van der Waals surface area contributed by atoms with Crippen molar-refractivity contribution in [3.63, 3.8) is 0 Å². The topological polar surface area (TPSA) is 17.1 Å². The van der Waals surface area contributed by atoms with Crippen LogP contribution >= 0.6 is 27.3 Å². The van der Waals surface area contributed by atoms with Gasteiger partial charge in [0.1, 0.15) is 5.82 Å². The molecule has 0 aliphatic heterocycles. The number of hydrogen-bond donors (Lipinski definition) is 0. The van der Waals surface area contributed by atoms with Crippen LogP contribution in [0.4, 0.5) is 4.39 Å². The molecule has 0 spiro atoms. The number of benzene rings is 2. The number of halogens is 2. The van der Waals surface area contributed by atoms with Crippen LogP contribution < -0.4 is 5.43 Å². The molecule has 0 radical (unpaired) electrons. The van der Waals surface area contributed by atoms with Gasteiger partial charge in [0, 0.05) is 25.5 Å². The Morgan fingerprint density at radius 2 is 1.74 bits per heavy atom. The molecule has 1 nitrogen and oxygen atoms in total. The van der Waals surface area contributed by atoms with E-state index in [2.05, 4.69) is 15.9 Å². The number of hydrogen-bond acceptors (Lipinski definition) is 2. The molecular weight excluding hydrogens is 327 g/mol. The van der Waals surface area contributed by atoms with Gasteiger partial charge in [-0.2, -0.15) is 0 Å². The Labute approximate surface area is 121 Å². The van der Waals surface area contributed by atoms with Gasteiger partial charge in [-0.05, 0) is 35.9 Å². The van der Waals surface area contributed by atoms with E-state index in [1.807, 2.05) is 18.2 Å². The number of rotatable bonds is 1. The van der Waals surface area contributed by atoms with Crippen LogP contribution in [0.2, 0.25) is 0 Å². The lowest BCUT2D eigenvalue weighted by atomic mass is 10.1. The van der Waals surface area contributed by atoms with E-state index in [4.69, 9.17) is 0 Å². The Morgan fingerprint density at radius 1 is 1.00 bits per heavy atom. The quantitative estimate of drug-likeness (QED) is 0.622. The maximum Gasteiger partial charge on any atom is 0.188 e. The summed E-state index contributed by atoms with van der Waals surface area (Å²) in [5.41, 5.74) is 0.836. The highest BCUT2D eigenvalue weighted by atomic mass is 79.9. The molecule has 3 rings (SSSR count). The predicted molar refractivity (Wildman–Crippen MR) is 81.2 cm³/mol. The Balaban J connectivity index is 2.24. The van der Waals surface area contributed by atoms with Crippen molar-refractivity contribution >= 4 is 37.4 Å². The van der Waals surface area contributed by atoms with Crippen LogP contribution in [-0.2, 0) is 0 Å². The largest absolute Gasteiger partial charge is 0.289 e. The molecule has 0 fully saturated rings. The molecule has 4 heteroatoms. The van der Waals surface area contributed by atoms with Crippen LogP contribution in [0.3, 0.4) is 0 Å². The Morgan fingerprint density at radius 3 is 2.47 bits per heavy atom. The highest BCUT2D eigenvalue weighted by Gasteiger charge is 2.05. The lowest BCUT2D eigenvalue weighted by molar-refractivity contribution is 0.628. The molecule has 0 unspecified atom stereocenters. The minimum absolute atomic E-state index is 0.0191. The fraction of sp³-hybridized carbons (Fsp3) is 0. The van der Waals surface area contributed by atoms with Crippen molar-refractivity contribution in [1.29, 1.82) is 0 Å². The van der Waals surface area contributed by atoms with Gasteiger partial charge >= 0.3 is 0 Å². The van der Waals surface area contributed by atoms with Gasteiger partial charge in [0.05, 0.1) is 0 Å². The third kappa shape index (κ3) is 2.46. The van der Waals surface area contributed by atoms with Gasteiger partial charge in [0.15, 0.2) is 5.43 Å². The minimum Gasteiger partial charge on any atom is -0.289 e. The molecule has 19 heavy (non-hydrogen) atoms. The summed E-state index contributed by atoms with van der Waals surface area (Å²) >= 11 is 4.89. The van der Waals surface area contributed by atoms with E-state index in [0.717, 1.165) is 19.6 Å². The first kappa shape index (κ1) is 12.5. The van der Waals surface area contributed by atoms with Crippen molar-refractivity contribution < 1.29 is 4.39 Å². The summed E-state index contributed by atoms with van der Waals surface area (Å²) in [4.78, 5) is 13.0. The van der Waals surface area contributed by atoms with Gasteiger partial charge in [-0.1, -0.05) is 28.1 Å². The molecule has 1 aromatic heterocycles. The molecule has 0 atom stereocenters. The van der Waals surface area contributed by atoms with Crippen LogP contribution in [0.15, 0.2) is 57.8 Å². The molecule has 0 aliphatic carbocycles. The zero-order valence-electron chi connectivity index (χ0n) is 9.69. The van der Waals surface area contributed by atoms with Gasteiger partial charge < -0.3 is 0 Å². The summed E-state index contributed by atoms with van der Waals surface area (Å²) in [6, 6.07) is 13.4. The predicted octanol–water partition coefficient (Wildman–Crippen LogP) is 4.83. The molecular formula is C15H8BrFOS. The SMILES string of the molecule is O=c1cc(-c2ccc(F)cc2)sc2ccc(Br)cc12. The molecule has 94 valence electrons. The van der Waals surface area contributed by atoms with Crippen molar-refractivity contribution in [3.05, 3.63) is 69.0 Å². The first-order chi connectivity index (χ1) is 9.13. The van der Waals surface area contributed by atoms with Crippen LogP contribution in [-0.4, -0.2) is 0 Å². The summed E-state index contributed by atoms with van der Waals surface area (Å²) in [6.45, 7) is 0. The van der Waals surface area contributed by atoms with Gasteiger partial charge in [0.25, 0.3) is 0 Å². The van der Waals surface area contributed by atoms with Crippen LogP contribution in [0.25, 0.3) is 20.5 Å². The van der Waals surface area contributed by atoms with Crippen molar-refractivity contribution in [2.75, 3.05) is 0 Å². The number of fused-ring (bicyclic) bond motifs is 1. The lowest BCUT2D eigenvalue weighted by Crippen LogP contribution is -1.98. The smallest absolute Gasteiger partial charge is 0.188 e. The van der Waals surface area contributed by atoms with Crippen molar-refractivity contribution in [1.82, 2.24) is 0 Å². The Bertz CT molecular complexity index is 808. The van der Waals surface area contributed by atoms with Crippen molar-refractivity contribution in [3.8, 4) is 10.4 Å². The first-order valence-corrected chi connectivity index (χ1v) is 7.24. The maximum absolute atomic E-state index is 12.9. The molecule has 1 heterocycles. The van der Waals surface area contributed by atoms with Gasteiger partial charge in [-0.3, -0.25) is 4.79 Å². The zero-order valence-corrected chi connectivity index (χ0v) is 12.1. The zero-order chi connectivity index (χ0) is 13.4. The maximum atomic E-state index is 12.9. The van der Waals surface area contributed by atoms with Gasteiger partial charge in [-0.15, -0.1) is 11.3 Å². The van der Waals surface area contributed by atoms with Gasteiger partial charge in [-0.25, -0.2) is 4.39 Å². The molecule has 0 aliphatic rings. The van der Waals surface area contributed by atoms with E-state index in [1.165, 1.54) is 23.5 Å². The monoisotopic (exact) mass is 334 g/mol. The average Bonchev–Trinajstić information content (AvgIpc) is 2.40. The van der Waals surface area contributed by atoms with Crippen molar-refractivity contribution in [2.45, 2.75) is 0 Å². The van der Waals surface area contributed by atoms with Gasteiger partial charge in [0.2, 0.25) is 0 Å². The van der Waals surface area contributed by atoms with Crippen LogP contribution in [0, 0.1) is 5.82 Å². The standard InChI is InChI=1S/C15H8BrFOS/c16-10-3-6-14-12(7-10)13(18)8-15(19-14)9-1-4-11(17)5-2-9/h1-8H. The molecule has 0 saturated carbocycles. The Kier molecular flexibility index (Phi) is 3.21. The third-order valence-electron chi connectivity index (χ3n) is 2.82.